The summed E-state index contributed by atoms with van der Waals surface area (Å²) in [5.41, 5.74) is 2.54. The highest BCUT2D eigenvalue weighted by molar-refractivity contribution is 5.35. The zero-order valence-electron chi connectivity index (χ0n) is 11.9. The number of benzene rings is 1. The first-order valence-electron chi connectivity index (χ1n) is 8.08. The van der Waals surface area contributed by atoms with Gasteiger partial charge in [-0.05, 0) is 74.9 Å². The van der Waals surface area contributed by atoms with Crippen LogP contribution in [0.4, 0.5) is 4.39 Å². The van der Waals surface area contributed by atoms with Crippen LogP contribution >= 0.6 is 0 Å². The average molecular weight is 274 g/mol. The number of aryl methyl sites for hydroxylation is 1. The second-order valence-corrected chi connectivity index (χ2v) is 6.65. The van der Waals surface area contributed by atoms with Crippen molar-refractivity contribution < 1.29 is 4.39 Å². The van der Waals surface area contributed by atoms with Gasteiger partial charge in [0.05, 0.1) is 0 Å². The maximum atomic E-state index is 13.3. The summed E-state index contributed by atoms with van der Waals surface area (Å²) in [6.45, 7) is 2.56. The van der Waals surface area contributed by atoms with Crippen molar-refractivity contribution in [1.29, 1.82) is 0 Å². The maximum absolute atomic E-state index is 13.3. The molecule has 0 bridgehead atoms. The second kappa shape index (κ2) is 5.12. The van der Waals surface area contributed by atoms with E-state index in [-0.39, 0.29) is 5.82 Å². The van der Waals surface area contributed by atoms with Gasteiger partial charge in [0.1, 0.15) is 5.82 Å². The van der Waals surface area contributed by atoms with Crippen LogP contribution in [-0.2, 0) is 6.42 Å². The number of rotatable bonds is 2. The first-order valence-corrected chi connectivity index (χ1v) is 8.08. The van der Waals surface area contributed by atoms with E-state index < -0.39 is 0 Å². The molecular formula is C17H23FN2. The first-order chi connectivity index (χ1) is 9.79. The van der Waals surface area contributed by atoms with Crippen molar-refractivity contribution in [2.24, 2.45) is 0 Å². The molecule has 3 heteroatoms. The summed E-state index contributed by atoms with van der Waals surface area (Å²) >= 11 is 0. The lowest BCUT2D eigenvalue weighted by Gasteiger charge is -2.36. The standard InChI is InChI=1S/C17H23FN2/c18-13-4-5-16-12(10-13)3-6-17(16)19-14-7-9-20-8-1-2-15(20)11-14/h4-5,10,14-15,17,19H,1-3,6-9,11H2. The number of halogens is 1. The number of nitrogens with zero attached hydrogens (tertiary/aromatic N) is 1. The number of fused-ring (bicyclic) bond motifs is 2. The monoisotopic (exact) mass is 274 g/mol. The molecule has 3 atom stereocenters. The normalized spacial score (nSPS) is 33.1. The van der Waals surface area contributed by atoms with Crippen LogP contribution in [0.1, 0.15) is 49.3 Å². The molecule has 2 aliphatic heterocycles. The molecule has 3 unspecified atom stereocenters. The molecule has 108 valence electrons. The molecule has 1 aliphatic carbocycles. The Morgan fingerprint density at radius 2 is 2.10 bits per heavy atom. The van der Waals surface area contributed by atoms with Crippen LogP contribution in [0.25, 0.3) is 0 Å². The highest BCUT2D eigenvalue weighted by Gasteiger charge is 2.33. The molecule has 0 spiro atoms. The minimum atomic E-state index is -0.0938. The minimum Gasteiger partial charge on any atom is -0.307 e. The molecule has 20 heavy (non-hydrogen) atoms. The van der Waals surface area contributed by atoms with Crippen molar-refractivity contribution in [3.8, 4) is 0 Å². The third-order valence-electron chi connectivity index (χ3n) is 5.44. The lowest BCUT2D eigenvalue weighted by molar-refractivity contribution is 0.161. The molecule has 2 saturated heterocycles. The minimum absolute atomic E-state index is 0.0938. The Bertz CT molecular complexity index is 502. The predicted molar refractivity (Wildman–Crippen MR) is 78.2 cm³/mol. The summed E-state index contributed by atoms with van der Waals surface area (Å²) < 4.78 is 13.3. The molecule has 0 saturated carbocycles. The Labute approximate surface area is 120 Å². The van der Waals surface area contributed by atoms with Gasteiger partial charge in [0, 0.05) is 18.1 Å². The fraction of sp³-hybridized carbons (Fsp3) is 0.647. The van der Waals surface area contributed by atoms with Crippen molar-refractivity contribution in [2.45, 2.75) is 56.7 Å². The van der Waals surface area contributed by atoms with E-state index >= 15 is 0 Å². The molecule has 3 aliphatic rings. The Balaban J connectivity index is 1.43. The highest BCUT2D eigenvalue weighted by atomic mass is 19.1. The van der Waals surface area contributed by atoms with E-state index in [0.717, 1.165) is 18.9 Å². The van der Waals surface area contributed by atoms with E-state index in [1.165, 1.54) is 49.9 Å². The fourth-order valence-electron chi connectivity index (χ4n) is 4.42. The van der Waals surface area contributed by atoms with Gasteiger partial charge in [-0.15, -0.1) is 0 Å². The zero-order valence-corrected chi connectivity index (χ0v) is 11.9. The summed E-state index contributed by atoms with van der Waals surface area (Å²) in [5.74, 6) is -0.0938. The molecule has 1 aromatic rings. The topological polar surface area (TPSA) is 15.3 Å². The molecular weight excluding hydrogens is 251 g/mol. The van der Waals surface area contributed by atoms with Gasteiger partial charge in [0.2, 0.25) is 0 Å². The molecule has 4 rings (SSSR count). The first kappa shape index (κ1) is 12.8. The largest absolute Gasteiger partial charge is 0.307 e. The van der Waals surface area contributed by atoms with Crippen LogP contribution in [0.5, 0.6) is 0 Å². The summed E-state index contributed by atoms with van der Waals surface area (Å²) in [5, 5.41) is 3.86. The maximum Gasteiger partial charge on any atom is 0.123 e. The van der Waals surface area contributed by atoms with E-state index in [0.29, 0.717) is 12.1 Å². The van der Waals surface area contributed by atoms with Crippen molar-refractivity contribution >= 4 is 0 Å². The van der Waals surface area contributed by atoms with Gasteiger partial charge in [-0.3, -0.25) is 0 Å². The van der Waals surface area contributed by atoms with E-state index in [4.69, 9.17) is 0 Å². The number of piperidine rings is 1. The smallest absolute Gasteiger partial charge is 0.123 e. The van der Waals surface area contributed by atoms with Crippen LogP contribution in [0, 0.1) is 5.82 Å². The van der Waals surface area contributed by atoms with E-state index in [1.54, 1.807) is 12.1 Å². The second-order valence-electron chi connectivity index (χ2n) is 6.65. The van der Waals surface area contributed by atoms with Crippen LogP contribution in [0.2, 0.25) is 0 Å². The van der Waals surface area contributed by atoms with Gasteiger partial charge >= 0.3 is 0 Å². The molecule has 0 radical (unpaired) electrons. The van der Waals surface area contributed by atoms with Crippen molar-refractivity contribution in [3.05, 3.63) is 35.1 Å². The van der Waals surface area contributed by atoms with Gasteiger partial charge < -0.3 is 10.2 Å². The Morgan fingerprint density at radius 3 is 3.05 bits per heavy atom. The zero-order chi connectivity index (χ0) is 13.5. The van der Waals surface area contributed by atoms with Gasteiger partial charge in [-0.25, -0.2) is 4.39 Å². The highest BCUT2D eigenvalue weighted by Crippen LogP contribution is 2.34. The van der Waals surface area contributed by atoms with E-state index in [9.17, 15) is 4.39 Å². The van der Waals surface area contributed by atoms with Gasteiger partial charge in [-0.1, -0.05) is 6.07 Å². The summed E-state index contributed by atoms with van der Waals surface area (Å²) in [6.07, 6.45) is 7.47. The van der Waals surface area contributed by atoms with Crippen molar-refractivity contribution in [3.63, 3.8) is 0 Å². The number of hydrogen-bond donors (Lipinski definition) is 1. The lowest BCUT2D eigenvalue weighted by Crippen LogP contribution is -2.46. The van der Waals surface area contributed by atoms with Gasteiger partial charge in [0.15, 0.2) is 0 Å². The Kier molecular flexibility index (Phi) is 3.27. The summed E-state index contributed by atoms with van der Waals surface area (Å²) in [7, 11) is 0. The van der Waals surface area contributed by atoms with Crippen LogP contribution in [0.15, 0.2) is 18.2 Å². The van der Waals surface area contributed by atoms with Crippen molar-refractivity contribution in [1.82, 2.24) is 10.2 Å². The fourth-order valence-corrected chi connectivity index (χ4v) is 4.42. The Morgan fingerprint density at radius 1 is 1.15 bits per heavy atom. The van der Waals surface area contributed by atoms with Crippen LogP contribution < -0.4 is 5.32 Å². The molecule has 1 N–H and O–H groups in total. The molecule has 1 aromatic carbocycles. The third-order valence-corrected chi connectivity index (χ3v) is 5.44. The molecule has 2 nitrogen and oxygen atoms in total. The van der Waals surface area contributed by atoms with Crippen molar-refractivity contribution in [2.75, 3.05) is 13.1 Å². The number of nitrogens with one attached hydrogen (secondary N) is 1. The molecule has 2 heterocycles. The summed E-state index contributed by atoms with van der Waals surface area (Å²) in [6, 6.07) is 7.23. The lowest BCUT2D eigenvalue weighted by atomic mass is 9.96. The Hall–Kier alpha value is -0.930. The molecule has 0 amide bonds. The predicted octanol–water partition coefficient (Wildman–Crippen LogP) is 3.03. The molecule has 2 fully saturated rings. The number of hydrogen-bond acceptors (Lipinski definition) is 2. The quantitative estimate of drug-likeness (QED) is 0.892. The van der Waals surface area contributed by atoms with E-state index in [1.807, 2.05) is 6.07 Å². The summed E-state index contributed by atoms with van der Waals surface area (Å²) in [4.78, 5) is 2.66. The third kappa shape index (κ3) is 2.27. The average Bonchev–Trinajstić information content (AvgIpc) is 3.05. The van der Waals surface area contributed by atoms with Crippen LogP contribution in [-0.4, -0.2) is 30.1 Å². The van der Waals surface area contributed by atoms with Gasteiger partial charge in [-0.2, -0.15) is 0 Å². The van der Waals surface area contributed by atoms with E-state index in [2.05, 4.69) is 10.2 Å². The van der Waals surface area contributed by atoms with Crippen LogP contribution in [0.3, 0.4) is 0 Å². The molecule has 0 aromatic heterocycles. The van der Waals surface area contributed by atoms with Gasteiger partial charge in [0.25, 0.3) is 0 Å². The SMILES string of the molecule is Fc1ccc2c(c1)CCC2NC1CCN2CCCC2C1.